The lowest BCUT2D eigenvalue weighted by Crippen LogP contribution is -2.19. The topological polar surface area (TPSA) is 109 Å². The molecule has 0 aliphatic rings. The first-order valence-corrected chi connectivity index (χ1v) is 8.47. The number of furan rings is 1. The fourth-order valence-corrected chi connectivity index (χ4v) is 2.69. The number of carbonyl (C=O) groups is 2. The summed E-state index contributed by atoms with van der Waals surface area (Å²) in [7, 11) is 0. The van der Waals surface area contributed by atoms with Gasteiger partial charge in [0.1, 0.15) is 10.8 Å². The van der Waals surface area contributed by atoms with Gasteiger partial charge in [-0.05, 0) is 31.2 Å². The number of carbonyl (C=O) groups excluding carboxylic acids is 2. The Morgan fingerprint density at radius 3 is 2.77 bits per heavy atom. The van der Waals surface area contributed by atoms with Crippen LogP contribution >= 0.6 is 11.3 Å². The summed E-state index contributed by atoms with van der Waals surface area (Å²) in [6, 6.07) is 10.6. The van der Waals surface area contributed by atoms with E-state index in [1.54, 1.807) is 24.3 Å². The van der Waals surface area contributed by atoms with Gasteiger partial charge in [0.05, 0.1) is 18.9 Å². The summed E-state index contributed by atoms with van der Waals surface area (Å²) in [5.41, 5.74) is 3.97. The second-order valence-electron chi connectivity index (χ2n) is 5.31. The van der Waals surface area contributed by atoms with E-state index in [2.05, 4.69) is 26.0 Å². The standard InChI is InChI=1S/C17H15N5O3S/c1-11-4-6-12(7-5-11)16(24)19-17-22-21-15(26-17)9-14(23)20-18-10-13-3-2-8-25-13/h2-8,10H,9H2,1H3,(H,20,23)(H,19,22,24). The van der Waals surface area contributed by atoms with Gasteiger partial charge >= 0.3 is 0 Å². The van der Waals surface area contributed by atoms with Crippen molar-refractivity contribution in [3.05, 3.63) is 64.6 Å². The third kappa shape index (κ3) is 4.84. The zero-order chi connectivity index (χ0) is 18.4. The zero-order valence-electron chi connectivity index (χ0n) is 13.8. The molecule has 132 valence electrons. The van der Waals surface area contributed by atoms with Crippen LogP contribution < -0.4 is 10.7 Å². The maximum Gasteiger partial charge on any atom is 0.257 e. The maximum absolute atomic E-state index is 12.1. The predicted octanol–water partition coefficient (Wildman–Crippen LogP) is 2.38. The maximum atomic E-state index is 12.1. The first kappa shape index (κ1) is 17.5. The highest BCUT2D eigenvalue weighted by Gasteiger charge is 2.12. The van der Waals surface area contributed by atoms with Crippen LogP contribution in [0, 0.1) is 6.92 Å². The molecule has 0 spiro atoms. The van der Waals surface area contributed by atoms with E-state index in [-0.39, 0.29) is 18.2 Å². The summed E-state index contributed by atoms with van der Waals surface area (Å²) in [5, 5.41) is 15.0. The number of nitrogens with one attached hydrogen (secondary N) is 2. The lowest BCUT2D eigenvalue weighted by Gasteiger charge is -2.01. The Hall–Kier alpha value is -3.33. The molecule has 0 fully saturated rings. The van der Waals surface area contributed by atoms with Crippen LogP contribution in [0.1, 0.15) is 26.7 Å². The summed E-state index contributed by atoms with van der Waals surface area (Å²) in [6.07, 6.45) is 2.91. The molecule has 2 aromatic heterocycles. The van der Waals surface area contributed by atoms with Gasteiger partial charge in [0.2, 0.25) is 11.0 Å². The van der Waals surface area contributed by atoms with Gasteiger partial charge in [0.25, 0.3) is 5.91 Å². The quantitative estimate of drug-likeness (QED) is 0.512. The molecule has 3 aromatic rings. The molecule has 0 unspecified atom stereocenters. The number of rotatable bonds is 6. The number of hydrogen-bond acceptors (Lipinski definition) is 7. The Morgan fingerprint density at radius 1 is 1.23 bits per heavy atom. The van der Waals surface area contributed by atoms with E-state index in [1.807, 2.05) is 19.1 Å². The highest BCUT2D eigenvalue weighted by Crippen LogP contribution is 2.17. The van der Waals surface area contributed by atoms with Crippen LogP contribution in [0.15, 0.2) is 52.2 Å². The molecule has 26 heavy (non-hydrogen) atoms. The zero-order valence-corrected chi connectivity index (χ0v) is 14.6. The van der Waals surface area contributed by atoms with Crippen molar-refractivity contribution < 1.29 is 14.0 Å². The fraction of sp³-hybridized carbons (Fsp3) is 0.118. The van der Waals surface area contributed by atoms with E-state index in [1.165, 1.54) is 12.5 Å². The first-order chi connectivity index (χ1) is 12.6. The lowest BCUT2D eigenvalue weighted by molar-refractivity contribution is -0.120. The average Bonchev–Trinajstić information content (AvgIpc) is 3.28. The van der Waals surface area contributed by atoms with Crippen molar-refractivity contribution in [2.75, 3.05) is 5.32 Å². The van der Waals surface area contributed by atoms with E-state index in [4.69, 9.17) is 4.42 Å². The van der Waals surface area contributed by atoms with Crippen molar-refractivity contribution in [1.82, 2.24) is 15.6 Å². The van der Waals surface area contributed by atoms with Crippen LogP contribution in [0.5, 0.6) is 0 Å². The molecule has 2 amide bonds. The van der Waals surface area contributed by atoms with E-state index in [9.17, 15) is 9.59 Å². The highest BCUT2D eigenvalue weighted by atomic mass is 32.1. The molecule has 2 N–H and O–H groups in total. The molecule has 0 saturated heterocycles. The molecule has 3 rings (SSSR count). The van der Waals surface area contributed by atoms with Crippen LogP contribution in [-0.4, -0.2) is 28.2 Å². The molecule has 1 aromatic carbocycles. The Bertz CT molecular complexity index is 916. The highest BCUT2D eigenvalue weighted by molar-refractivity contribution is 7.15. The smallest absolute Gasteiger partial charge is 0.257 e. The van der Waals surface area contributed by atoms with Gasteiger partial charge in [-0.2, -0.15) is 5.10 Å². The second kappa shape index (κ2) is 8.17. The Balaban J connectivity index is 1.51. The average molecular weight is 369 g/mol. The molecule has 8 nitrogen and oxygen atoms in total. The van der Waals surface area contributed by atoms with Crippen molar-refractivity contribution in [1.29, 1.82) is 0 Å². The molecule has 0 saturated carbocycles. The van der Waals surface area contributed by atoms with Crippen molar-refractivity contribution in [3.63, 3.8) is 0 Å². The van der Waals surface area contributed by atoms with E-state index < -0.39 is 0 Å². The summed E-state index contributed by atoms with van der Waals surface area (Å²) in [6.45, 7) is 1.95. The van der Waals surface area contributed by atoms with Gasteiger partial charge in [0.15, 0.2) is 0 Å². The molecule has 0 aliphatic heterocycles. The number of hydrogen-bond donors (Lipinski definition) is 2. The molecule has 0 radical (unpaired) electrons. The third-order valence-electron chi connectivity index (χ3n) is 3.24. The number of aromatic nitrogens is 2. The van der Waals surface area contributed by atoms with Gasteiger partial charge in [0, 0.05) is 5.56 Å². The van der Waals surface area contributed by atoms with Crippen molar-refractivity contribution in [2.45, 2.75) is 13.3 Å². The molecular formula is C17H15N5O3S. The van der Waals surface area contributed by atoms with Crippen molar-refractivity contribution in [3.8, 4) is 0 Å². The predicted molar refractivity (Wildman–Crippen MR) is 97.2 cm³/mol. The minimum atomic E-state index is -0.347. The summed E-state index contributed by atoms with van der Waals surface area (Å²) in [5.74, 6) is -0.0945. The normalized spacial score (nSPS) is 10.8. The number of anilines is 1. The van der Waals surface area contributed by atoms with E-state index >= 15 is 0 Å². The number of amides is 2. The third-order valence-corrected chi connectivity index (χ3v) is 4.08. The molecular weight excluding hydrogens is 354 g/mol. The minimum Gasteiger partial charge on any atom is -0.463 e. The molecule has 0 bridgehead atoms. The first-order valence-electron chi connectivity index (χ1n) is 7.66. The van der Waals surface area contributed by atoms with Crippen LogP contribution in [-0.2, 0) is 11.2 Å². The van der Waals surface area contributed by atoms with Crippen LogP contribution in [0.25, 0.3) is 0 Å². The monoisotopic (exact) mass is 369 g/mol. The Morgan fingerprint density at radius 2 is 2.04 bits per heavy atom. The van der Waals surface area contributed by atoms with E-state index in [0.717, 1.165) is 16.9 Å². The summed E-state index contributed by atoms with van der Waals surface area (Å²) < 4.78 is 5.06. The number of hydrazone groups is 1. The van der Waals surface area contributed by atoms with Crippen molar-refractivity contribution >= 4 is 34.5 Å². The molecule has 0 atom stereocenters. The second-order valence-corrected chi connectivity index (χ2v) is 6.37. The molecule has 9 heteroatoms. The number of aryl methyl sites for hydroxylation is 1. The summed E-state index contributed by atoms with van der Waals surface area (Å²) >= 11 is 1.13. The van der Waals surface area contributed by atoms with Gasteiger partial charge in [-0.1, -0.05) is 29.0 Å². The number of nitrogens with zero attached hydrogens (tertiary/aromatic N) is 3. The van der Waals surface area contributed by atoms with Crippen LogP contribution in [0.4, 0.5) is 5.13 Å². The largest absolute Gasteiger partial charge is 0.463 e. The Kier molecular flexibility index (Phi) is 5.49. The van der Waals surface area contributed by atoms with Gasteiger partial charge < -0.3 is 4.42 Å². The van der Waals surface area contributed by atoms with Gasteiger partial charge in [-0.25, -0.2) is 5.43 Å². The summed E-state index contributed by atoms with van der Waals surface area (Å²) in [4.78, 5) is 24.0. The van der Waals surface area contributed by atoms with Gasteiger partial charge in [-0.15, -0.1) is 10.2 Å². The van der Waals surface area contributed by atoms with E-state index in [0.29, 0.717) is 21.5 Å². The van der Waals surface area contributed by atoms with Gasteiger partial charge in [-0.3, -0.25) is 14.9 Å². The lowest BCUT2D eigenvalue weighted by atomic mass is 10.1. The Labute approximate surface area is 153 Å². The van der Waals surface area contributed by atoms with Crippen LogP contribution in [0.2, 0.25) is 0 Å². The molecule has 2 heterocycles. The minimum absolute atomic E-state index is 0.00750. The van der Waals surface area contributed by atoms with Crippen LogP contribution in [0.3, 0.4) is 0 Å². The molecule has 0 aliphatic carbocycles. The van der Waals surface area contributed by atoms with Crippen molar-refractivity contribution in [2.24, 2.45) is 5.10 Å². The fourth-order valence-electron chi connectivity index (χ4n) is 1.96. The SMILES string of the molecule is Cc1ccc(C(=O)Nc2nnc(CC(=O)NN=Cc3ccco3)s2)cc1. The number of benzene rings is 1.